The van der Waals surface area contributed by atoms with Gasteiger partial charge in [-0.3, -0.25) is 4.79 Å². The lowest BCUT2D eigenvalue weighted by Crippen LogP contribution is -2.09. The molecule has 0 amide bonds. The van der Waals surface area contributed by atoms with Crippen LogP contribution in [0.4, 0.5) is 0 Å². The number of carbonyl (C=O) groups excluding carboxylic acids is 1. The van der Waals surface area contributed by atoms with E-state index < -0.39 is 0 Å². The first-order valence-electron chi connectivity index (χ1n) is 6.00. The van der Waals surface area contributed by atoms with Crippen molar-refractivity contribution in [2.75, 3.05) is 0 Å². The van der Waals surface area contributed by atoms with Gasteiger partial charge in [0.05, 0.1) is 9.39 Å². The lowest BCUT2D eigenvalue weighted by molar-refractivity contribution is 0.108. The predicted octanol–water partition coefficient (Wildman–Crippen LogP) is 2.89. The van der Waals surface area contributed by atoms with Crippen LogP contribution in [0.15, 0.2) is 24.3 Å². The fourth-order valence-electron chi connectivity index (χ4n) is 2.56. The van der Waals surface area contributed by atoms with Crippen molar-refractivity contribution in [2.45, 2.75) is 38.0 Å². The molecule has 0 saturated heterocycles. The molecule has 0 spiro atoms. The fourth-order valence-corrected chi connectivity index (χ4v) is 3.63. The van der Waals surface area contributed by atoms with Crippen molar-refractivity contribution < 1.29 is 4.79 Å². The molecule has 1 nitrogen and oxygen atoms in total. The quantitative estimate of drug-likeness (QED) is 0.751. The largest absolute Gasteiger partial charge is 0.282 e. The minimum atomic E-state index is 0.271. The molecule has 1 aromatic carbocycles. The SMILES string of the molecule is O=C(S[SiH3])c1ccccc1C1CCCCC1. The number of benzene rings is 1. The molecular formula is C13H18OSSi. The van der Waals surface area contributed by atoms with Gasteiger partial charge >= 0.3 is 0 Å². The molecule has 0 heterocycles. The Bertz CT molecular complexity index is 372. The second-order valence-electron chi connectivity index (χ2n) is 4.41. The molecule has 0 radical (unpaired) electrons. The average Bonchev–Trinajstić information content (AvgIpc) is 2.39. The minimum absolute atomic E-state index is 0.271. The molecule has 1 saturated carbocycles. The van der Waals surface area contributed by atoms with Crippen LogP contribution in [0.2, 0.25) is 0 Å². The molecule has 0 N–H and O–H groups in total. The first-order chi connectivity index (χ1) is 7.83. The summed E-state index contributed by atoms with van der Waals surface area (Å²) in [4.78, 5) is 11.9. The standard InChI is InChI=1S/C13H18OSSi/c14-13(15-16)12-9-5-4-8-11(12)10-6-2-1-3-7-10/h4-5,8-10H,1-3,6-7H2,16H3. The summed E-state index contributed by atoms with van der Waals surface area (Å²) in [5.41, 5.74) is 2.27. The Morgan fingerprint density at radius 1 is 1.19 bits per heavy atom. The maximum atomic E-state index is 11.9. The Balaban J connectivity index is 2.28. The Labute approximate surface area is 104 Å². The Kier molecular flexibility index (Phi) is 4.24. The highest BCUT2D eigenvalue weighted by Gasteiger charge is 2.20. The summed E-state index contributed by atoms with van der Waals surface area (Å²) >= 11 is 1.46. The van der Waals surface area contributed by atoms with Crippen LogP contribution in [0.1, 0.15) is 53.9 Å². The summed E-state index contributed by atoms with van der Waals surface area (Å²) in [6.07, 6.45) is 6.52. The zero-order valence-corrected chi connectivity index (χ0v) is 12.6. The Morgan fingerprint density at radius 3 is 2.56 bits per heavy atom. The monoisotopic (exact) mass is 250 g/mol. The van der Waals surface area contributed by atoms with Crippen LogP contribution in [0.25, 0.3) is 0 Å². The van der Waals surface area contributed by atoms with Crippen molar-refractivity contribution >= 4 is 25.7 Å². The highest BCUT2D eigenvalue weighted by Crippen LogP contribution is 2.35. The number of hydrogen-bond acceptors (Lipinski definition) is 2. The van der Waals surface area contributed by atoms with E-state index in [1.54, 1.807) is 0 Å². The van der Waals surface area contributed by atoms with E-state index in [-0.39, 0.29) is 5.12 Å². The number of rotatable bonds is 2. The lowest BCUT2D eigenvalue weighted by atomic mass is 9.82. The maximum Gasteiger partial charge on any atom is 0.212 e. The third-order valence-electron chi connectivity index (χ3n) is 3.41. The minimum Gasteiger partial charge on any atom is -0.282 e. The third-order valence-corrected chi connectivity index (χ3v) is 5.11. The zero-order chi connectivity index (χ0) is 11.4. The van der Waals surface area contributed by atoms with Crippen LogP contribution in [0, 0.1) is 0 Å². The van der Waals surface area contributed by atoms with Gasteiger partial charge in [-0.2, -0.15) is 0 Å². The van der Waals surface area contributed by atoms with Gasteiger partial charge in [0.2, 0.25) is 5.12 Å². The smallest absolute Gasteiger partial charge is 0.212 e. The third kappa shape index (κ3) is 2.58. The van der Waals surface area contributed by atoms with Crippen LogP contribution in [0.5, 0.6) is 0 Å². The Morgan fingerprint density at radius 2 is 1.88 bits per heavy atom. The predicted molar refractivity (Wildman–Crippen MR) is 74.1 cm³/mol. The molecule has 0 bridgehead atoms. The van der Waals surface area contributed by atoms with E-state index in [9.17, 15) is 4.79 Å². The normalized spacial score (nSPS) is 17.5. The second-order valence-corrected chi connectivity index (χ2v) is 6.42. The van der Waals surface area contributed by atoms with E-state index >= 15 is 0 Å². The second kappa shape index (κ2) is 5.69. The molecule has 1 fully saturated rings. The number of hydrogen-bond donors (Lipinski definition) is 0. The summed E-state index contributed by atoms with van der Waals surface area (Å²) in [7, 11) is 0.887. The van der Waals surface area contributed by atoms with Gasteiger partial charge in [0.1, 0.15) is 0 Å². The van der Waals surface area contributed by atoms with Crippen molar-refractivity contribution in [2.24, 2.45) is 0 Å². The molecule has 0 aromatic heterocycles. The van der Waals surface area contributed by atoms with E-state index in [0.717, 1.165) is 15.0 Å². The zero-order valence-electron chi connectivity index (χ0n) is 9.74. The van der Waals surface area contributed by atoms with Gasteiger partial charge in [-0.25, -0.2) is 0 Å². The van der Waals surface area contributed by atoms with E-state index in [1.165, 1.54) is 48.9 Å². The van der Waals surface area contributed by atoms with Gasteiger partial charge in [-0.1, -0.05) is 43.5 Å². The molecule has 2 rings (SSSR count). The fraction of sp³-hybridized carbons (Fsp3) is 0.462. The molecule has 3 heteroatoms. The highest BCUT2D eigenvalue weighted by atomic mass is 32.4. The van der Waals surface area contributed by atoms with Gasteiger partial charge < -0.3 is 0 Å². The topological polar surface area (TPSA) is 17.1 Å². The van der Waals surface area contributed by atoms with Gasteiger partial charge in [0.25, 0.3) is 0 Å². The van der Waals surface area contributed by atoms with Crippen LogP contribution >= 0.6 is 11.2 Å². The van der Waals surface area contributed by atoms with Crippen LogP contribution in [0.3, 0.4) is 0 Å². The van der Waals surface area contributed by atoms with E-state index in [4.69, 9.17) is 0 Å². The van der Waals surface area contributed by atoms with Gasteiger partial charge in [0, 0.05) is 5.56 Å². The van der Waals surface area contributed by atoms with Crippen molar-refractivity contribution in [1.29, 1.82) is 0 Å². The molecule has 1 aromatic rings. The Hall–Kier alpha value is -0.543. The van der Waals surface area contributed by atoms with Crippen molar-refractivity contribution in [3.63, 3.8) is 0 Å². The summed E-state index contributed by atoms with van der Waals surface area (Å²) in [6, 6.07) is 8.20. The van der Waals surface area contributed by atoms with E-state index in [0.29, 0.717) is 5.92 Å². The van der Waals surface area contributed by atoms with Gasteiger partial charge in [-0.05, 0) is 24.3 Å². The van der Waals surface area contributed by atoms with Crippen LogP contribution in [-0.2, 0) is 0 Å². The molecule has 0 atom stereocenters. The van der Waals surface area contributed by atoms with E-state index in [2.05, 4.69) is 12.1 Å². The molecule has 16 heavy (non-hydrogen) atoms. The van der Waals surface area contributed by atoms with Crippen molar-refractivity contribution in [1.82, 2.24) is 0 Å². The summed E-state index contributed by atoms with van der Waals surface area (Å²) in [5, 5.41) is 0.271. The number of carbonyl (C=O) groups is 1. The lowest BCUT2D eigenvalue weighted by Gasteiger charge is -2.23. The molecule has 0 aliphatic heterocycles. The average molecular weight is 250 g/mol. The molecule has 1 aliphatic carbocycles. The van der Waals surface area contributed by atoms with E-state index in [1.807, 2.05) is 12.1 Å². The maximum absolute atomic E-state index is 11.9. The molecule has 1 aliphatic rings. The highest BCUT2D eigenvalue weighted by molar-refractivity contribution is 8.31. The molecule has 86 valence electrons. The molecular weight excluding hydrogens is 232 g/mol. The summed E-state index contributed by atoms with van der Waals surface area (Å²) in [6.45, 7) is 0. The molecule has 0 unspecified atom stereocenters. The van der Waals surface area contributed by atoms with Crippen LogP contribution < -0.4 is 0 Å². The summed E-state index contributed by atoms with van der Waals surface area (Å²) < 4.78 is 0. The van der Waals surface area contributed by atoms with Gasteiger partial charge in [0.15, 0.2) is 0 Å². The van der Waals surface area contributed by atoms with Crippen molar-refractivity contribution in [3.05, 3.63) is 35.4 Å². The first kappa shape index (κ1) is 11.9. The summed E-state index contributed by atoms with van der Waals surface area (Å²) in [5.74, 6) is 0.628. The van der Waals surface area contributed by atoms with Crippen molar-refractivity contribution in [3.8, 4) is 0 Å². The first-order valence-corrected chi connectivity index (χ1v) is 9.67. The van der Waals surface area contributed by atoms with Crippen LogP contribution in [-0.4, -0.2) is 14.5 Å². The van der Waals surface area contributed by atoms with Gasteiger partial charge in [-0.15, -0.1) is 11.2 Å².